The summed E-state index contributed by atoms with van der Waals surface area (Å²) >= 11 is 0. The molecular weight excluding hydrogens is 515 g/mol. The van der Waals surface area contributed by atoms with Crippen LogP contribution in [0.4, 0.5) is 10.1 Å². The van der Waals surface area contributed by atoms with Gasteiger partial charge in [0.05, 0.1) is 41.4 Å². The Morgan fingerprint density at radius 3 is 2.51 bits per heavy atom. The van der Waals surface area contributed by atoms with Crippen molar-refractivity contribution in [2.75, 3.05) is 5.32 Å². The van der Waals surface area contributed by atoms with Crippen molar-refractivity contribution in [2.45, 2.75) is 6.42 Å². The molecule has 0 atom stereocenters. The van der Waals surface area contributed by atoms with Crippen molar-refractivity contribution in [2.24, 2.45) is 0 Å². The van der Waals surface area contributed by atoms with E-state index in [-0.39, 0.29) is 18.1 Å². The summed E-state index contributed by atoms with van der Waals surface area (Å²) < 4.78 is 13.5. The van der Waals surface area contributed by atoms with Gasteiger partial charge >= 0.3 is 0 Å². The normalized spacial score (nSPS) is 11.2. The Morgan fingerprint density at radius 2 is 1.66 bits per heavy atom. The van der Waals surface area contributed by atoms with Crippen molar-refractivity contribution in [3.63, 3.8) is 0 Å². The van der Waals surface area contributed by atoms with Gasteiger partial charge in [-0.2, -0.15) is 5.10 Å². The van der Waals surface area contributed by atoms with E-state index in [0.717, 1.165) is 55.4 Å². The Bertz CT molecular complexity index is 2030. The fraction of sp³-hybridized carbons (Fsp3) is 0.0303. The summed E-state index contributed by atoms with van der Waals surface area (Å²) in [5.74, 6) is -0.382. The average Bonchev–Trinajstić information content (AvgIpc) is 3.62. The monoisotopic (exact) mass is 538 g/mol. The van der Waals surface area contributed by atoms with E-state index in [1.165, 1.54) is 12.1 Å². The Morgan fingerprint density at radius 1 is 0.805 bits per heavy atom. The number of nitrogens with one attached hydrogen (secondary N) is 3. The molecule has 0 saturated heterocycles. The molecule has 3 N–H and O–H groups in total. The molecule has 8 heteroatoms. The lowest BCUT2D eigenvalue weighted by molar-refractivity contribution is -0.115. The molecule has 0 spiro atoms. The molecule has 0 saturated carbocycles. The van der Waals surface area contributed by atoms with Crippen LogP contribution in [0.25, 0.3) is 55.6 Å². The summed E-state index contributed by atoms with van der Waals surface area (Å²) in [4.78, 5) is 25.0. The highest BCUT2D eigenvalue weighted by Crippen LogP contribution is 2.35. The number of pyridine rings is 2. The number of hydrogen-bond donors (Lipinski definition) is 3. The number of fused-ring (bicyclic) bond motifs is 2. The number of rotatable bonds is 6. The van der Waals surface area contributed by atoms with E-state index in [4.69, 9.17) is 0 Å². The highest BCUT2D eigenvalue weighted by molar-refractivity contribution is 6.01. The third-order valence-electron chi connectivity index (χ3n) is 7.05. The van der Waals surface area contributed by atoms with Gasteiger partial charge in [-0.3, -0.25) is 19.9 Å². The summed E-state index contributed by atoms with van der Waals surface area (Å²) in [6.07, 6.45) is 5.37. The molecule has 41 heavy (non-hydrogen) atoms. The first-order chi connectivity index (χ1) is 20.1. The van der Waals surface area contributed by atoms with Gasteiger partial charge in [0.15, 0.2) is 0 Å². The van der Waals surface area contributed by atoms with Crippen LogP contribution in [0.2, 0.25) is 0 Å². The van der Waals surface area contributed by atoms with E-state index in [2.05, 4.69) is 36.5 Å². The van der Waals surface area contributed by atoms with E-state index in [9.17, 15) is 9.18 Å². The molecule has 4 aromatic heterocycles. The number of aromatic nitrogens is 5. The number of carbonyl (C=O) groups is 1. The lowest BCUT2D eigenvalue weighted by Crippen LogP contribution is -2.14. The van der Waals surface area contributed by atoms with Crippen LogP contribution in [0.5, 0.6) is 0 Å². The zero-order valence-electron chi connectivity index (χ0n) is 21.7. The van der Waals surface area contributed by atoms with Gasteiger partial charge in [-0.05, 0) is 53.1 Å². The molecule has 7 nitrogen and oxygen atoms in total. The molecule has 0 aliphatic heterocycles. The Labute approximate surface area is 234 Å². The number of H-pyrrole nitrogens is 2. The Balaban J connectivity index is 1.21. The quantitative estimate of drug-likeness (QED) is 0.209. The van der Waals surface area contributed by atoms with Crippen molar-refractivity contribution in [3.8, 4) is 33.8 Å². The number of nitrogens with zero attached hydrogens (tertiary/aromatic N) is 3. The molecule has 0 fully saturated rings. The zero-order chi connectivity index (χ0) is 27.8. The van der Waals surface area contributed by atoms with Gasteiger partial charge in [0.2, 0.25) is 5.91 Å². The van der Waals surface area contributed by atoms with Crippen LogP contribution in [0, 0.1) is 5.82 Å². The molecule has 0 aliphatic carbocycles. The second kappa shape index (κ2) is 10.2. The smallest absolute Gasteiger partial charge is 0.228 e. The fourth-order valence-corrected chi connectivity index (χ4v) is 5.08. The third-order valence-corrected chi connectivity index (χ3v) is 7.05. The number of amides is 1. The van der Waals surface area contributed by atoms with Gasteiger partial charge in [0.1, 0.15) is 11.5 Å². The number of aromatic amines is 2. The maximum absolute atomic E-state index is 13.5. The molecule has 0 bridgehead atoms. The van der Waals surface area contributed by atoms with Crippen molar-refractivity contribution in [1.82, 2.24) is 25.1 Å². The number of anilines is 1. The maximum Gasteiger partial charge on any atom is 0.228 e. The van der Waals surface area contributed by atoms with E-state index in [1.807, 2.05) is 60.7 Å². The standard InChI is InChI=1S/C33H23FN6O/c34-23-11-9-21(10-12-23)25-7-4-8-28-26(25)15-30(38-28)33-27-16-29(36-19-31(27)39-40-33)22-14-24(18-35-17-22)37-32(41)13-20-5-2-1-3-6-20/h1-12,14-19,38H,13H2,(H,37,41)(H,39,40). The van der Waals surface area contributed by atoms with Crippen LogP contribution >= 0.6 is 0 Å². The second-order valence-corrected chi connectivity index (χ2v) is 9.82. The van der Waals surface area contributed by atoms with Crippen LogP contribution in [-0.4, -0.2) is 31.1 Å². The molecule has 3 aromatic carbocycles. The number of halogens is 1. The van der Waals surface area contributed by atoms with Gasteiger partial charge in [-0.1, -0.05) is 54.6 Å². The SMILES string of the molecule is O=C(Cc1ccccc1)Nc1cncc(-c2cc3c(-c4cc5c(-c6ccc(F)cc6)cccc5[nH]4)n[nH]c3cn2)c1. The van der Waals surface area contributed by atoms with E-state index < -0.39 is 0 Å². The predicted octanol–water partition coefficient (Wildman–Crippen LogP) is 7.16. The van der Waals surface area contributed by atoms with Gasteiger partial charge in [-0.15, -0.1) is 0 Å². The van der Waals surface area contributed by atoms with E-state index >= 15 is 0 Å². The molecule has 0 aliphatic rings. The molecule has 4 heterocycles. The minimum absolute atomic E-state index is 0.116. The van der Waals surface area contributed by atoms with Gasteiger partial charge in [0, 0.05) is 28.0 Å². The highest BCUT2D eigenvalue weighted by Gasteiger charge is 2.15. The van der Waals surface area contributed by atoms with Crippen molar-refractivity contribution < 1.29 is 9.18 Å². The first-order valence-electron chi connectivity index (χ1n) is 13.1. The summed E-state index contributed by atoms with van der Waals surface area (Å²) in [7, 11) is 0. The predicted molar refractivity (Wildman–Crippen MR) is 159 cm³/mol. The average molecular weight is 539 g/mol. The maximum atomic E-state index is 13.5. The molecule has 7 rings (SSSR count). The van der Waals surface area contributed by atoms with Crippen molar-refractivity contribution in [1.29, 1.82) is 0 Å². The molecule has 7 aromatic rings. The molecular formula is C33H23FN6O. The lowest BCUT2D eigenvalue weighted by atomic mass is 10.0. The second-order valence-electron chi connectivity index (χ2n) is 9.82. The number of hydrogen-bond acceptors (Lipinski definition) is 4. The topological polar surface area (TPSA) is 99.4 Å². The van der Waals surface area contributed by atoms with Crippen LogP contribution in [0.15, 0.2) is 110 Å². The van der Waals surface area contributed by atoms with Gasteiger partial charge in [-0.25, -0.2) is 4.39 Å². The largest absolute Gasteiger partial charge is 0.353 e. The minimum Gasteiger partial charge on any atom is -0.353 e. The number of benzene rings is 3. The van der Waals surface area contributed by atoms with Crippen LogP contribution < -0.4 is 5.32 Å². The summed E-state index contributed by atoms with van der Waals surface area (Å²) in [5.41, 5.74) is 8.30. The van der Waals surface area contributed by atoms with Crippen molar-refractivity contribution in [3.05, 3.63) is 121 Å². The van der Waals surface area contributed by atoms with Crippen LogP contribution in [-0.2, 0) is 11.2 Å². The fourth-order valence-electron chi connectivity index (χ4n) is 5.08. The molecule has 1 amide bonds. The summed E-state index contributed by atoms with van der Waals surface area (Å²) in [5, 5.41) is 12.5. The Kier molecular flexibility index (Phi) is 6.05. The highest BCUT2D eigenvalue weighted by atomic mass is 19.1. The van der Waals surface area contributed by atoms with Crippen LogP contribution in [0.1, 0.15) is 5.56 Å². The first-order valence-corrected chi connectivity index (χ1v) is 13.1. The number of carbonyl (C=O) groups excluding carboxylic acids is 1. The van der Waals surface area contributed by atoms with E-state index in [0.29, 0.717) is 11.4 Å². The summed E-state index contributed by atoms with van der Waals surface area (Å²) in [6.45, 7) is 0. The molecule has 0 unspecified atom stereocenters. The van der Waals surface area contributed by atoms with Gasteiger partial charge in [0.25, 0.3) is 0 Å². The zero-order valence-corrected chi connectivity index (χ0v) is 21.7. The lowest BCUT2D eigenvalue weighted by Gasteiger charge is -2.07. The minimum atomic E-state index is -0.265. The summed E-state index contributed by atoms with van der Waals surface area (Å²) in [6, 6.07) is 28.0. The van der Waals surface area contributed by atoms with Crippen molar-refractivity contribution >= 4 is 33.4 Å². The van der Waals surface area contributed by atoms with Crippen LogP contribution in [0.3, 0.4) is 0 Å². The molecule has 198 valence electrons. The van der Waals surface area contributed by atoms with E-state index in [1.54, 1.807) is 30.7 Å². The first kappa shape index (κ1) is 24.4. The third kappa shape index (κ3) is 4.83. The molecule has 0 radical (unpaired) electrons. The van der Waals surface area contributed by atoms with Gasteiger partial charge < -0.3 is 10.3 Å². The Hall–Kier alpha value is -5.63.